The largest absolute Gasteiger partial charge is 0.371 e. The first-order valence-corrected chi connectivity index (χ1v) is 7.60. The maximum atomic E-state index is 13.9. The molecule has 1 fully saturated rings. The van der Waals surface area contributed by atoms with E-state index in [-0.39, 0.29) is 11.3 Å². The van der Waals surface area contributed by atoms with Crippen molar-refractivity contribution in [3.05, 3.63) is 47.5 Å². The van der Waals surface area contributed by atoms with Gasteiger partial charge in [-0.25, -0.2) is 4.39 Å². The molecule has 116 valence electrons. The summed E-state index contributed by atoms with van der Waals surface area (Å²) in [7, 11) is 1.96. The van der Waals surface area contributed by atoms with Crippen molar-refractivity contribution in [2.75, 3.05) is 18.0 Å². The van der Waals surface area contributed by atoms with Crippen molar-refractivity contribution < 1.29 is 9.18 Å². The van der Waals surface area contributed by atoms with Gasteiger partial charge < -0.3 is 4.90 Å². The topological polar surface area (TPSA) is 38.1 Å². The van der Waals surface area contributed by atoms with Gasteiger partial charge in [0.1, 0.15) is 5.82 Å². The molecule has 0 unspecified atom stereocenters. The van der Waals surface area contributed by atoms with Crippen molar-refractivity contribution in [2.45, 2.75) is 25.7 Å². The molecule has 5 heteroatoms. The molecule has 0 atom stereocenters. The lowest BCUT2D eigenvalue weighted by Gasteiger charge is -2.34. The van der Waals surface area contributed by atoms with Crippen LogP contribution in [0.25, 0.3) is 0 Å². The number of aryl methyl sites for hydroxylation is 1. The lowest BCUT2D eigenvalue weighted by Crippen LogP contribution is -2.34. The molecule has 1 aromatic carbocycles. The molecule has 2 heterocycles. The van der Waals surface area contributed by atoms with Gasteiger partial charge in [0.2, 0.25) is 0 Å². The fourth-order valence-corrected chi connectivity index (χ4v) is 3.33. The number of nitrogens with zero attached hydrogens (tertiary/aromatic N) is 3. The van der Waals surface area contributed by atoms with Crippen LogP contribution < -0.4 is 4.90 Å². The SMILES string of the molecule is CC(=O)c1c(F)cccc1N1CCC(c2ccnn2C)CC1. The summed E-state index contributed by atoms with van der Waals surface area (Å²) < 4.78 is 15.9. The summed E-state index contributed by atoms with van der Waals surface area (Å²) in [6.45, 7) is 3.06. The van der Waals surface area contributed by atoms with Crippen molar-refractivity contribution in [2.24, 2.45) is 7.05 Å². The quantitative estimate of drug-likeness (QED) is 0.817. The van der Waals surface area contributed by atoms with Crippen LogP contribution in [0.4, 0.5) is 10.1 Å². The molecule has 22 heavy (non-hydrogen) atoms. The molecular weight excluding hydrogens is 281 g/mol. The number of hydrogen-bond donors (Lipinski definition) is 0. The number of piperidine rings is 1. The first kappa shape index (κ1) is 14.8. The van der Waals surface area contributed by atoms with Crippen molar-refractivity contribution >= 4 is 11.5 Å². The van der Waals surface area contributed by atoms with Gasteiger partial charge in [-0.05, 0) is 38.0 Å². The third-order valence-corrected chi connectivity index (χ3v) is 4.46. The second-order valence-electron chi connectivity index (χ2n) is 5.83. The Labute approximate surface area is 129 Å². The Morgan fingerprint density at radius 3 is 2.59 bits per heavy atom. The molecule has 0 saturated carbocycles. The van der Waals surface area contributed by atoms with Gasteiger partial charge in [-0.2, -0.15) is 5.10 Å². The Hall–Kier alpha value is -2.17. The fraction of sp³-hybridized carbons (Fsp3) is 0.412. The van der Waals surface area contributed by atoms with Crippen LogP contribution in [0.5, 0.6) is 0 Å². The molecule has 1 aliphatic rings. The molecule has 1 aromatic heterocycles. The molecule has 0 bridgehead atoms. The third kappa shape index (κ3) is 2.63. The molecule has 0 amide bonds. The van der Waals surface area contributed by atoms with Gasteiger partial charge in [-0.3, -0.25) is 9.48 Å². The summed E-state index contributed by atoms with van der Waals surface area (Å²) in [5, 5.41) is 4.23. The van der Waals surface area contributed by atoms with E-state index in [2.05, 4.69) is 16.1 Å². The zero-order chi connectivity index (χ0) is 15.7. The second-order valence-corrected chi connectivity index (χ2v) is 5.83. The summed E-state index contributed by atoms with van der Waals surface area (Å²) in [5.74, 6) is -0.182. The van der Waals surface area contributed by atoms with Gasteiger partial charge in [0, 0.05) is 37.9 Å². The average molecular weight is 301 g/mol. The lowest BCUT2D eigenvalue weighted by atomic mass is 9.92. The number of rotatable bonds is 3. The first-order chi connectivity index (χ1) is 10.6. The number of benzene rings is 1. The van der Waals surface area contributed by atoms with Gasteiger partial charge in [0.15, 0.2) is 5.78 Å². The minimum absolute atomic E-state index is 0.210. The van der Waals surface area contributed by atoms with Crippen LogP contribution in [0.15, 0.2) is 30.5 Å². The van der Waals surface area contributed by atoms with E-state index in [4.69, 9.17) is 0 Å². The van der Waals surface area contributed by atoms with Crippen LogP contribution in [-0.4, -0.2) is 28.7 Å². The highest BCUT2D eigenvalue weighted by atomic mass is 19.1. The smallest absolute Gasteiger partial charge is 0.164 e. The standard InChI is InChI=1S/C17H20FN3O/c1-12(22)17-14(18)4-3-5-16(17)21-10-7-13(8-11-21)15-6-9-19-20(15)2/h3-6,9,13H,7-8,10-11H2,1-2H3. The Bertz CT molecular complexity index is 687. The molecule has 1 aliphatic heterocycles. The zero-order valence-electron chi connectivity index (χ0n) is 12.9. The summed E-state index contributed by atoms with van der Waals surface area (Å²) in [6, 6.07) is 6.92. The monoisotopic (exact) mass is 301 g/mol. The highest BCUT2D eigenvalue weighted by molar-refractivity contribution is 6.00. The van der Waals surface area contributed by atoms with E-state index in [1.54, 1.807) is 6.07 Å². The van der Waals surface area contributed by atoms with E-state index in [0.29, 0.717) is 5.92 Å². The van der Waals surface area contributed by atoms with Gasteiger partial charge in [0.25, 0.3) is 0 Å². The highest BCUT2D eigenvalue weighted by Crippen LogP contribution is 2.32. The zero-order valence-corrected chi connectivity index (χ0v) is 12.9. The number of aromatic nitrogens is 2. The Morgan fingerprint density at radius 1 is 1.27 bits per heavy atom. The number of halogens is 1. The number of carbonyl (C=O) groups is 1. The lowest BCUT2D eigenvalue weighted by molar-refractivity contribution is 0.101. The molecule has 1 saturated heterocycles. The number of Topliss-reactive ketones (excluding diaryl/α,β-unsaturated/α-hetero) is 1. The van der Waals surface area contributed by atoms with Gasteiger partial charge in [-0.1, -0.05) is 6.07 Å². The first-order valence-electron chi connectivity index (χ1n) is 7.60. The van der Waals surface area contributed by atoms with Gasteiger partial charge in [0.05, 0.1) is 11.3 Å². The summed E-state index contributed by atoms with van der Waals surface area (Å²) in [5.41, 5.74) is 2.17. The Kier molecular flexibility index (Phi) is 3.96. The molecule has 3 rings (SSSR count). The average Bonchev–Trinajstić information content (AvgIpc) is 2.93. The maximum absolute atomic E-state index is 13.9. The van der Waals surface area contributed by atoms with E-state index in [1.165, 1.54) is 18.7 Å². The van der Waals surface area contributed by atoms with Gasteiger partial charge >= 0.3 is 0 Å². The second kappa shape index (κ2) is 5.91. The molecule has 0 aliphatic carbocycles. The summed E-state index contributed by atoms with van der Waals surface area (Å²) in [6.07, 6.45) is 3.78. The third-order valence-electron chi connectivity index (χ3n) is 4.46. The van der Waals surface area contributed by atoms with Crippen LogP contribution in [0, 0.1) is 5.82 Å². The van der Waals surface area contributed by atoms with E-state index in [1.807, 2.05) is 24.0 Å². The maximum Gasteiger partial charge on any atom is 0.164 e. The van der Waals surface area contributed by atoms with E-state index in [9.17, 15) is 9.18 Å². The summed E-state index contributed by atoms with van der Waals surface area (Å²) in [4.78, 5) is 13.9. The molecule has 0 radical (unpaired) electrons. The van der Waals surface area contributed by atoms with Crippen LogP contribution in [0.1, 0.15) is 41.7 Å². The summed E-state index contributed by atoms with van der Waals surface area (Å²) >= 11 is 0. The number of carbonyl (C=O) groups excluding carboxylic acids is 1. The van der Waals surface area contributed by atoms with Crippen molar-refractivity contribution in [3.63, 3.8) is 0 Å². The predicted molar refractivity (Wildman–Crippen MR) is 83.8 cm³/mol. The molecule has 0 spiro atoms. The highest BCUT2D eigenvalue weighted by Gasteiger charge is 2.25. The van der Waals surface area contributed by atoms with E-state index in [0.717, 1.165) is 31.6 Å². The Morgan fingerprint density at radius 2 is 2.00 bits per heavy atom. The number of ketones is 1. The fourth-order valence-electron chi connectivity index (χ4n) is 3.33. The van der Waals surface area contributed by atoms with Crippen molar-refractivity contribution in [3.8, 4) is 0 Å². The van der Waals surface area contributed by atoms with E-state index >= 15 is 0 Å². The molecule has 0 N–H and O–H groups in total. The minimum Gasteiger partial charge on any atom is -0.371 e. The van der Waals surface area contributed by atoms with Gasteiger partial charge in [-0.15, -0.1) is 0 Å². The van der Waals surface area contributed by atoms with Crippen molar-refractivity contribution in [1.82, 2.24) is 9.78 Å². The Balaban J connectivity index is 1.79. The minimum atomic E-state index is -0.432. The van der Waals surface area contributed by atoms with Crippen LogP contribution in [0.2, 0.25) is 0 Å². The van der Waals surface area contributed by atoms with Crippen molar-refractivity contribution in [1.29, 1.82) is 0 Å². The molecular formula is C17H20FN3O. The molecule has 4 nitrogen and oxygen atoms in total. The van der Waals surface area contributed by atoms with Crippen LogP contribution in [-0.2, 0) is 7.05 Å². The predicted octanol–water partition coefficient (Wildman–Crippen LogP) is 3.15. The molecule has 2 aromatic rings. The van der Waals surface area contributed by atoms with Crippen LogP contribution in [0.3, 0.4) is 0 Å². The normalized spacial score (nSPS) is 16.0. The van der Waals surface area contributed by atoms with E-state index < -0.39 is 5.82 Å². The number of anilines is 1. The van der Waals surface area contributed by atoms with Crippen LogP contribution >= 0.6 is 0 Å². The number of hydrogen-bond acceptors (Lipinski definition) is 3.